The van der Waals surface area contributed by atoms with Crippen LogP contribution in [0.4, 0.5) is 22.0 Å². The normalized spacial score (nSPS) is 26.8. The number of allylic oxidation sites excluding steroid dienone is 6. The molecule has 0 aromatic heterocycles. The van der Waals surface area contributed by atoms with Crippen molar-refractivity contribution >= 4 is 31.8 Å². The summed E-state index contributed by atoms with van der Waals surface area (Å²) in [6, 6.07) is 7.73. The topological polar surface area (TPSA) is 51.2 Å². The molecule has 242 valence electrons. The number of sulfone groups is 1. The maximum atomic E-state index is 17.3. The average molecular weight is 665 g/mol. The monoisotopic (exact) mass is 664 g/mol. The maximum absolute atomic E-state index is 17.3. The number of fused-ring (bicyclic) bond motifs is 3. The van der Waals surface area contributed by atoms with Crippen molar-refractivity contribution in [2.24, 2.45) is 5.41 Å². The van der Waals surface area contributed by atoms with Crippen molar-refractivity contribution in [1.29, 1.82) is 0 Å². The predicted molar refractivity (Wildman–Crippen MR) is 167 cm³/mol. The van der Waals surface area contributed by atoms with Gasteiger partial charge in [0.1, 0.15) is 0 Å². The van der Waals surface area contributed by atoms with Gasteiger partial charge in [-0.05, 0) is 72.6 Å². The number of hydrogen-bond acceptors (Lipinski definition) is 3. The molecule has 2 unspecified atom stereocenters. The Morgan fingerprint density at radius 2 is 1.49 bits per heavy atom. The molecule has 2 aromatic rings. The van der Waals surface area contributed by atoms with Gasteiger partial charge in [-0.15, -0.1) is 0 Å². The van der Waals surface area contributed by atoms with Crippen LogP contribution in [0.15, 0.2) is 61.1 Å². The lowest BCUT2D eigenvalue weighted by Crippen LogP contribution is -2.51. The zero-order valence-electron chi connectivity index (χ0n) is 26.6. The van der Waals surface area contributed by atoms with Crippen LogP contribution in [0, 0.1) is 5.41 Å². The van der Waals surface area contributed by atoms with Crippen LogP contribution in [0.5, 0.6) is 0 Å². The van der Waals surface area contributed by atoms with Crippen molar-refractivity contribution in [3.63, 3.8) is 0 Å². The van der Waals surface area contributed by atoms with Crippen LogP contribution >= 0.6 is 0 Å². The van der Waals surface area contributed by atoms with E-state index in [0.717, 1.165) is 24.5 Å². The summed E-state index contributed by atoms with van der Waals surface area (Å²) < 4.78 is 124. The number of rotatable bonds is 7. The van der Waals surface area contributed by atoms with Crippen molar-refractivity contribution in [2.75, 3.05) is 0 Å². The molecule has 0 fully saturated rings. The van der Waals surface area contributed by atoms with Gasteiger partial charge < -0.3 is 0 Å². The van der Waals surface area contributed by atoms with E-state index in [2.05, 4.69) is 0 Å². The van der Waals surface area contributed by atoms with Gasteiger partial charge in [-0.3, -0.25) is 0 Å². The van der Waals surface area contributed by atoms with E-state index in [9.17, 15) is 12.6 Å². The van der Waals surface area contributed by atoms with Crippen LogP contribution in [0.25, 0.3) is 11.1 Å². The molecule has 45 heavy (non-hydrogen) atoms. The largest absolute Gasteiger partial charge is 0.351 e. The zero-order chi connectivity index (χ0) is 33.4. The quantitative estimate of drug-likeness (QED) is 0.277. The molecule has 0 saturated carbocycles. The van der Waals surface area contributed by atoms with Crippen LogP contribution in [-0.4, -0.2) is 30.1 Å². The minimum atomic E-state index is -5.22. The molecule has 2 atom stereocenters. The Morgan fingerprint density at radius 1 is 0.867 bits per heavy atom. The van der Waals surface area contributed by atoms with Crippen molar-refractivity contribution in [3.8, 4) is 0 Å². The summed E-state index contributed by atoms with van der Waals surface area (Å²) in [7, 11) is -6.28. The summed E-state index contributed by atoms with van der Waals surface area (Å²) >= 11 is 0. The van der Waals surface area contributed by atoms with Gasteiger partial charge in [-0.25, -0.2) is 17.0 Å². The second-order valence-corrected chi connectivity index (χ2v) is 17.8. The third-order valence-corrected chi connectivity index (χ3v) is 13.9. The fourth-order valence-electron chi connectivity index (χ4n) is 7.31. The van der Waals surface area contributed by atoms with E-state index in [1.807, 2.05) is 34.6 Å². The van der Waals surface area contributed by atoms with E-state index in [-0.39, 0.29) is 48.6 Å². The molecule has 2 aliphatic heterocycles. The van der Waals surface area contributed by atoms with E-state index in [0.29, 0.717) is 12.0 Å². The first-order valence-corrected chi connectivity index (χ1v) is 17.9. The number of alkyl halides is 5. The van der Waals surface area contributed by atoms with Crippen LogP contribution in [0.1, 0.15) is 102 Å². The number of halogens is 5. The molecule has 3 nitrogen and oxygen atoms in total. The summed E-state index contributed by atoms with van der Waals surface area (Å²) in [5, 5.41) is 0. The molecule has 0 saturated heterocycles. The Balaban J connectivity index is 1.70. The molecule has 0 N–H and O–H groups in total. The van der Waals surface area contributed by atoms with Crippen molar-refractivity contribution in [3.05, 3.63) is 79.1 Å². The summed E-state index contributed by atoms with van der Waals surface area (Å²) in [5.41, 5.74) is -5.18. The van der Waals surface area contributed by atoms with E-state index in [4.69, 9.17) is 0 Å². The van der Waals surface area contributed by atoms with E-state index >= 15 is 22.0 Å². The Kier molecular flexibility index (Phi) is 6.82. The van der Waals surface area contributed by atoms with Crippen LogP contribution in [-0.2, 0) is 32.5 Å². The molecular weight excluding hydrogens is 628 g/mol. The molecule has 0 spiro atoms. The van der Waals surface area contributed by atoms with Gasteiger partial charge in [0, 0.05) is 38.2 Å². The SMILES string of the molecule is CCCC1(F)C(C2=C(C)S(=O)c3cc4c(cc32)C4(C)C)=C(C2=C(C)S(=O)(=O)c3cc(CC(C)(C)CC)ccc32)C(F)(F)C1(F)F. The van der Waals surface area contributed by atoms with Gasteiger partial charge in [0.25, 0.3) is 0 Å². The number of hydrogen-bond donors (Lipinski definition) is 0. The van der Waals surface area contributed by atoms with Gasteiger partial charge in [-0.1, -0.05) is 66.5 Å². The van der Waals surface area contributed by atoms with Gasteiger partial charge in [0.15, 0.2) is 0 Å². The second-order valence-electron chi connectivity index (χ2n) is 14.1. The highest BCUT2D eigenvalue weighted by Crippen LogP contribution is 2.68. The van der Waals surface area contributed by atoms with Crippen LogP contribution in [0.2, 0.25) is 0 Å². The molecule has 6 rings (SSSR count). The number of benzene rings is 2. The van der Waals surface area contributed by atoms with Gasteiger partial charge in [0.05, 0.1) is 25.5 Å². The van der Waals surface area contributed by atoms with Crippen molar-refractivity contribution < 1.29 is 34.6 Å². The van der Waals surface area contributed by atoms with Crippen molar-refractivity contribution in [1.82, 2.24) is 0 Å². The molecule has 2 heterocycles. The maximum Gasteiger partial charge on any atom is 0.351 e. The molecular formula is C35H37F5O3S2. The first kappa shape index (κ1) is 32.4. The fraction of sp³-hybridized carbons (Fsp3) is 0.486. The Labute approximate surface area is 264 Å². The molecule has 10 heteroatoms. The molecule has 0 amide bonds. The lowest BCUT2D eigenvalue weighted by molar-refractivity contribution is -0.228. The first-order valence-electron chi connectivity index (χ1n) is 15.2. The summed E-state index contributed by atoms with van der Waals surface area (Å²) in [5.74, 6) is -10.3. The zero-order valence-corrected chi connectivity index (χ0v) is 28.3. The lowest BCUT2D eigenvalue weighted by Gasteiger charge is -2.32. The third kappa shape index (κ3) is 4.02. The summed E-state index contributed by atoms with van der Waals surface area (Å²) in [6.45, 7) is 13.8. The van der Waals surface area contributed by atoms with Crippen molar-refractivity contribution in [2.45, 2.75) is 114 Å². The molecule has 2 aromatic carbocycles. The Morgan fingerprint density at radius 3 is 2.09 bits per heavy atom. The average Bonchev–Trinajstić information content (AvgIpc) is 3.26. The van der Waals surface area contributed by atoms with E-state index in [1.165, 1.54) is 26.0 Å². The molecule has 2 aliphatic carbocycles. The highest BCUT2D eigenvalue weighted by Gasteiger charge is 2.79. The van der Waals surface area contributed by atoms with Gasteiger partial charge in [-0.2, -0.15) is 17.6 Å². The third-order valence-electron chi connectivity index (χ3n) is 10.4. The van der Waals surface area contributed by atoms with Gasteiger partial charge >= 0.3 is 11.8 Å². The molecule has 4 aliphatic rings. The highest BCUT2D eigenvalue weighted by atomic mass is 32.2. The summed E-state index contributed by atoms with van der Waals surface area (Å²) in [6.07, 6.45) is 0.162. The minimum absolute atomic E-state index is 0.0107. The smallest absolute Gasteiger partial charge is 0.249 e. The molecule has 0 bridgehead atoms. The highest BCUT2D eigenvalue weighted by molar-refractivity contribution is 7.96. The van der Waals surface area contributed by atoms with E-state index < -0.39 is 66.2 Å². The lowest BCUT2D eigenvalue weighted by atomic mass is 9.81. The Hall–Kier alpha value is -2.59. The van der Waals surface area contributed by atoms with Crippen LogP contribution in [0.3, 0.4) is 0 Å². The Bertz CT molecular complexity index is 1950. The second kappa shape index (κ2) is 9.49. The van der Waals surface area contributed by atoms with E-state index in [1.54, 1.807) is 18.2 Å². The summed E-state index contributed by atoms with van der Waals surface area (Å²) in [4.78, 5) is -0.551. The van der Waals surface area contributed by atoms with Gasteiger partial charge in [0.2, 0.25) is 15.5 Å². The minimum Gasteiger partial charge on any atom is -0.249 e. The standard InChI is InChI=1S/C35H37F5O3S2/c1-9-13-33(36)29(27-18(3)44(41)25-16-24-23(15-22(25)27)32(24,7)8)30(34(37,38)35(33,39)40)28-19(4)45(42,43)26-14-20(11-12-21(26)28)17-31(5,6)10-2/h11-12,14-16H,9-10,13,17H2,1-8H3. The fourth-order valence-corrected chi connectivity index (χ4v) is 10.2. The predicted octanol–water partition coefficient (Wildman–Crippen LogP) is 9.46. The molecule has 0 radical (unpaired) electrons. The van der Waals surface area contributed by atoms with Crippen LogP contribution < -0.4 is 0 Å². The first-order chi connectivity index (χ1) is 20.6.